The van der Waals surface area contributed by atoms with Crippen molar-refractivity contribution in [1.82, 2.24) is 10.2 Å². The minimum absolute atomic E-state index is 0.251. The molecule has 3 aromatic rings. The summed E-state index contributed by atoms with van der Waals surface area (Å²) < 4.78 is 11.1. The molecule has 0 bridgehead atoms. The van der Waals surface area contributed by atoms with Crippen molar-refractivity contribution < 1.29 is 14.3 Å². The Morgan fingerprint density at radius 2 is 1.70 bits per heavy atom. The zero-order chi connectivity index (χ0) is 21.2. The number of amides is 1. The maximum atomic E-state index is 12.1. The molecule has 0 aliphatic rings. The van der Waals surface area contributed by atoms with E-state index in [1.54, 1.807) is 6.08 Å². The fourth-order valence-electron chi connectivity index (χ4n) is 2.64. The highest BCUT2D eigenvalue weighted by Gasteiger charge is 2.07. The maximum absolute atomic E-state index is 12.1. The monoisotopic (exact) mass is 423 g/mol. The van der Waals surface area contributed by atoms with Crippen LogP contribution in [0.2, 0.25) is 0 Å². The Labute approximate surface area is 180 Å². The lowest BCUT2D eigenvalue weighted by Gasteiger charge is -2.05. The molecule has 0 fully saturated rings. The van der Waals surface area contributed by atoms with Gasteiger partial charge in [-0.2, -0.15) is 0 Å². The molecule has 1 heterocycles. The summed E-state index contributed by atoms with van der Waals surface area (Å²) in [5.74, 6) is 1.39. The van der Waals surface area contributed by atoms with E-state index in [0.717, 1.165) is 28.5 Å². The molecule has 0 saturated carbocycles. The third kappa shape index (κ3) is 6.70. The van der Waals surface area contributed by atoms with Crippen molar-refractivity contribution in [3.8, 4) is 11.5 Å². The number of benzene rings is 2. The van der Waals surface area contributed by atoms with E-state index in [1.165, 1.54) is 23.0 Å². The van der Waals surface area contributed by atoms with Crippen LogP contribution < -0.4 is 14.8 Å². The molecule has 1 aromatic heterocycles. The number of ether oxygens (including phenoxy) is 2. The Hall–Kier alpha value is -3.19. The summed E-state index contributed by atoms with van der Waals surface area (Å²) >= 11 is 1.35. The Morgan fingerprint density at radius 1 is 1.00 bits per heavy atom. The van der Waals surface area contributed by atoms with Gasteiger partial charge in [0.15, 0.2) is 0 Å². The summed E-state index contributed by atoms with van der Waals surface area (Å²) in [7, 11) is 0. The Morgan fingerprint density at radius 3 is 2.40 bits per heavy atom. The van der Waals surface area contributed by atoms with Crippen molar-refractivity contribution in [3.63, 3.8) is 0 Å². The van der Waals surface area contributed by atoms with Gasteiger partial charge in [-0.25, -0.2) is 0 Å². The lowest BCUT2D eigenvalue weighted by Crippen LogP contribution is -2.07. The van der Waals surface area contributed by atoms with Crippen LogP contribution in [-0.4, -0.2) is 29.3 Å². The van der Waals surface area contributed by atoms with Gasteiger partial charge in [-0.1, -0.05) is 42.5 Å². The van der Waals surface area contributed by atoms with Gasteiger partial charge in [0.25, 0.3) is 0 Å². The summed E-state index contributed by atoms with van der Waals surface area (Å²) in [5, 5.41) is 12.2. The molecule has 7 heteroatoms. The van der Waals surface area contributed by atoms with Crippen LogP contribution in [0.15, 0.2) is 54.6 Å². The number of nitrogens with zero attached hydrogens (tertiary/aromatic N) is 2. The predicted octanol–water partition coefficient (Wildman–Crippen LogP) is 4.77. The van der Waals surface area contributed by atoms with Gasteiger partial charge < -0.3 is 9.47 Å². The van der Waals surface area contributed by atoms with Crippen LogP contribution in [0.25, 0.3) is 6.08 Å². The van der Waals surface area contributed by atoms with Crippen molar-refractivity contribution in [3.05, 3.63) is 70.7 Å². The molecule has 0 saturated heterocycles. The second-order valence-electron chi connectivity index (χ2n) is 6.42. The fourth-order valence-corrected chi connectivity index (χ4v) is 3.37. The Bertz CT molecular complexity index is 966. The second kappa shape index (κ2) is 11.1. The predicted molar refractivity (Wildman–Crippen MR) is 120 cm³/mol. The molecule has 0 spiro atoms. The zero-order valence-electron chi connectivity index (χ0n) is 17.1. The molecule has 6 nitrogen and oxygen atoms in total. The SMILES string of the molecule is CCOc1ccc(/C=C/C(=O)Nc2nnc(CCOc3ccc(CC)cc3)s2)cc1. The third-order valence-corrected chi connectivity index (χ3v) is 5.13. The van der Waals surface area contributed by atoms with Gasteiger partial charge >= 0.3 is 0 Å². The lowest BCUT2D eigenvalue weighted by molar-refractivity contribution is -0.111. The smallest absolute Gasteiger partial charge is 0.250 e. The second-order valence-corrected chi connectivity index (χ2v) is 7.48. The highest BCUT2D eigenvalue weighted by molar-refractivity contribution is 7.15. The van der Waals surface area contributed by atoms with Crippen molar-refractivity contribution >= 4 is 28.5 Å². The standard InChI is InChI=1S/C23H25N3O3S/c1-3-17-5-10-20(11-6-17)29-16-15-22-25-26-23(30-22)24-21(27)14-9-18-7-12-19(13-8-18)28-4-2/h5-14H,3-4,15-16H2,1-2H3,(H,24,26,27)/b14-9+. The highest BCUT2D eigenvalue weighted by Crippen LogP contribution is 2.18. The molecule has 0 unspecified atom stereocenters. The topological polar surface area (TPSA) is 73.3 Å². The van der Waals surface area contributed by atoms with Crippen molar-refractivity contribution in [2.24, 2.45) is 0 Å². The van der Waals surface area contributed by atoms with Crippen LogP contribution in [-0.2, 0) is 17.6 Å². The van der Waals surface area contributed by atoms with Crippen molar-refractivity contribution in [2.75, 3.05) is 18.5 Å². The molecule has 0 aliphatic carbocycles. The number of carbonyl (C=O) groups is 1. The molecule has 0 aliphatic heterocycles. The molecule has 1 amide bonds. The van der Waals surface area contributed by atoms with E-state index in [-0.39, 0.29) is 5.91 Å². The van der Waals surface area contributed by atoms with Gasteiger partial charge in [-0.15, -0.1) is 10.2 Å². The largest absolute Gasteiger partial charge is 0.494 e. The van der Waals surface area contributed by atoms with Crippen LogP contribution in [0.4, 0.5) is 5.13 Å². The van der Waals surface area contributed by atoms with Crippen molar-refractivity contribution in [2.45, 2.75) is 26.7 Å². The first kappa shape index (κ1) is 21.5. The number of aryl methyl sites for hydroxylation is 1. The molecule has 0 atom stereocenters. The first-order valence-corrected chi connectivity index (χ1v) is 10.7. The minimum Gasteiger partial charge on any atom is -0.494 e. The number of carbonyl (C=O) groups excluding carboxylic acids is 1. The molecule has 2 aromatic carbocycles. The van der Waals surface area contributed by atoms with Crippen LogP contribution in [0.3, 0.4) is 0 Å². The first-order chi connectivity index (χ1) is 14.7. The van der Waals surface area contributed by atoms with Gasteiger partial charge in [-0.05, 0) is 54.8 Å². The van der Waals surface area contributed by atoms with Crippen LogP contribution in [0.1, 0.15) is 30.0 Å². The summed E-state index contributed by atoms with van der Waals surface area (Å²) in [6.45, 7) is 5.19. The number of aromatic nitrogens is 2. The van der Waals surface area contributed by atoms with E-state index >= 15 is 0 Å². The van der Waals surface area contributed by atoms with E-state index in [4.69, 9.17) is 9.47 Å². The van der Waals surface area contributed by atoms with Gasteiger partial charge in [0, 0.05) is 12.5 Å². The number of rotatable bonds is 10. The van der Waals surface area contributed by atoms with Gasteiger partial charge in [0.1, 0.15) is 16.5 Å². The summed E-state index contributed by atoms with van der Waals surface area (Å²) in [4.78, 5) is 12.1. The number of hydrogen-bond acceptors (Lipinski definition) is 6. The quantitative estimate of drug-likeness (QED) is 0.476. The first-order valence-electron chi connectivity index (χ1n) is 9.92. The molecule has 30 heavy (non-hydrogen) atoms. The molecule has 1 N–H and O–H groups in total. The molecular weight excluding hydrogens is 398 g/mol. The minimum atomic E-state index is -0.251. The van der Waals surface area contributed by atoms with E-state index in [1.807, 2.05) is 43.3 Å². The van der Waals surface area contributed by atoms with Gasteiger partial charge in [0.2, 0.25) is 11.0 Å². The van der Waals surface area contributed by atoms with Crippen LogP contribution >= 0.6 is 11.3 Å². The summed E-state index contributed by atoms with van der Waals surface area (Å²) in [5.41, 5.74) is 2.19. The van der Waals surface area contributed by atoms with Crippen LogP contribution in [0.5, 0.6) is 11.5 Å². The Kier molecular flexibility index (Phi) is 7.97. The Balaban J connectivity index is 1.44. The highest BCUT2D eigenvalue weighted by atomic mass is 32.1. The fraction of sp³-hybridized carbons (Fsp3) is 0.261. The van der Waals surface area contributed by atoms with Crippen LogP contribution in [0, 0.1) is 0 Å². The third-order valence-electron chi connectivity index (χ3n) is 4.23. The molecule has 3 rings (SSSR count). The summed E-state index contributed by atoms with van der Waals surface area (Å²) in [6, 6.07) is 15.6. The molecule has 0 radical (unpaired) electrons. The summed E-state index contributed by atoms with van der Waals surface area (Å²) in [6.07, 6.45) is 4.85. The average molecular weight is 424 g/mol. The number of anilines is 1. The maximum Gasteiger partial charge on any atom is 0.250 e. The van der Waals surface area contributed by atoms with E-state index in [2.05, 4.69) is 34.6 Å². The van der Waals surface area contributed by atoms with E-state index in [9.17, 15) is 4.79 Å². The van der Waals surface area contributed by atoms with Gasteiger partial charge in [0.05, 0.1) is 13.2 Å². The van der Waals surface area contributed by atoms with E-state index < -0.39 is 0 Å². The van der Waals surface area contributed by atoms with Gasteiger partial charge in [-0.3, -0.25) is 10.1 Å². The normalized spacial score (nSPS) is 10.9. The molecule has 156 valence electrons. The molecular formula is C23H25N3O3S. The van der Waals surface area contributed by atoms with E-state index in [0.29, 0.717) is 24.8 Å². The van der Waals surface area contributed by atoms with Crippen molar-refractivity contribution in [1.29, 1.82) is 0 Å². The number of nitrogens with one attached hydrogen (secondary N) is 1. The lowest BCUT2D eigenvalue weighted by atomic mass is 10.2. The number of hydrogen-bond donors (Lipinski definition) is 1. The average Bonchev–Trinajstić information content (AvgIpc) is 3.21. The zero-order valence-corrected chi connectivity index (χ0v) is 17.9.